The predicted octanol–water partition coefficient (Wildman–Crippen LogP) is 13.4. The van der Waals surface area contributed by atoms with Crippen molar-refractivity contribution in [2.45, 2.75) is 126 Å². The van der Waals surface area contributed by atoms with E-state index < -0.39 is 0 Å². The van der Waals surface area contributed by atoms with Crippen LogP contribution in [0.5, 0.6) is 0 Å². The fourth-order valence-corrected chi connectivity index (χ4v) is 12.0. The summed E-state index contributed by atoms with van der Waals surface area (Å²) in [5.74, 6) is 2.10. The first-order valence-corrected chi connectivity index (χ1v) is 21.1. The van der Waals surface area contributed by atoms with Gasteiger partial charge in [0, 0.05) is 51.4 Å². The first-order valence-electron chi connectivity index (χ1n) is 20.7. The average Bonchev–Trinajstić information content (AvgIpc) is 3.51. The lowest BCUT2D eigenvalue weighted by atomic mass is 9.57. The zero-order valence-electron chi connectivity index (χ0n) is 30.6. The second-order valence-corrected chi connectivity index (χ2v) is 17.1. The van der Waals surface area contributed by atoms with Crippen LogP contribution < -0.4 is 0 Å². The van der Waals surface area contributed by atoms with Gasteiger partial charge in [0.05, 0.1) is 0 Å². The van der Waals surface area contributed by atoms with Crippen molar-refractivity contribution in [2.24, 2.45) is 23.2 Å². The second kappa shape index (κ2) is 14.7. The third-order valence-electron chi connectivity index (χ3n) is 13.9. The molecule has 0 saturated heterocycles. The van der Waals surface area contributed by atoms with Crippen LogP contribution in [0.25, 0.3) is 0 Å². The molecule has 0 saturated carbocycles. The maximum absolute atomic E-state index is 4.93. The molecule has 6 atom stereocenters. The highest BCUT2D eigenvalue weighted by molar-refractivity contribution is 7.80. The first kappa shape index (κ1) is 33.6. The molecule has 0 heterocycles. The number of hydrogen-bond acceptors (Lipinski definition) is 2. The minimum Gasteiger partial charge on any atom is -0.342 e. The van der Waals surface area contributed by atoms with Gasteiger partial charge in [0.2, 0.25) is 0 Å². The van der Waals surface area contributed by atoms with E-state index in [1.165, 1.54) is 101 Å². The van der Waals surface area contributed by atoms with Crippen LogP contribution in [0.3, 0.4) is 0 Å². The van der Waals surface area contributed by atoms with Gasteiger partial charge in [0.1, 0.15) is 0 Å². The molecule has 0 aliphatic heterocycles. The van der Waals surface area contributed by atoms with E-state index in [0.29, 0.717) is 29.7 Å². The first-order chi connectivity index (χ1) is 25.2. The zero-order valence-corrected chi connectivity index (χ0v) is 31.5. The fraction of sp³-hybridized carbons (Fsp3) is 0.469. The van der Waals surface area contributed by atoms with Crippen LogP contribution in [0.15, 0.2) is 147 Å². The molecule has 0 bridgehead atoms. The molecule has 1 aromatic rings. The summed E-state index contributed by atoms with van der Waals surface area (Å²) < 4.78 is 0. The van der Waals surface area contributed by atoms with E-state index in [4.69, 9.17) is 12.6 Å². The molecule has 0 amide bonds. The Morgan fingerprint density at radius 1 is 0.706 bits per heavy atom. The highest BCUT2D eigenvalue weighted by Crippen LogP contribution is 2.66. The smallest absolute Gasteiger partial charge is 0.0407 e. The Bertz CT molecular complexity index is 1830. The number of nitrogens with zero attached hydrogens (tertiary/aromatic N) is 1. The summed E-state index contributed by atoms with van der Waals surface area (Å²) in [5, 5.41) is 0. The highest BCUT2D eigenvalue weighted by atomic mass is 32.1. The van der Waals surface area contributed by atoms with Gasteiger partial charge in [-0.1, -0.05) is 119 Å². The van der Waals surface area contributed by atoms with E-state index in [0.717, 1.165) is 24.2 Å². The molecule has 0 fully saturated rings. The topological polar surface area (TPSA) is 3.24 Å². The summed E-state index contributed by atoms with van der Waals surface area (Å²) in [4.78, 5) is 3.99. The van der Waals surface area contributed by atoms with Crippen LogP contribution in [0.4, 0.5) is 0 Å². The van der Waals surface area contributed by atoms with Crippen molar-refractivity contribution in [3.05, 3.63) is 148 Å². The van der Waals surface area contributed by atoms with Crippen molar-refractivity contribution in [3.63, 3.8) is 0 Å². The Kier molecular flexibility index (Phi) is 9.65. The lowest BCUT2D eigenvalue weighted by molar-refractivity contribution is 0.259. The molecule has 51 heavy (non-hydrogen) atoms. The van der Waals surface area contributed by atoms with Gasteiger partial charge in [-0.15, -0.1) is 12.6 Å². The normalized spacial score (nSPS) is 33.1. The van der Waals surface area contributed by atoms with Gasteiger partial charge < -0.3 is 4.90 Å². The quantitative estimate of drug-likeness (QED) is 0.220. The molecule has 0 aromatic heterocycles. The minimum absolute atomic E-state index is 0.0796. The molecule has 264 valence electrons. The van der Waals surface area contributed by atoms with Crippen LogP contribution in [-0.2, 0) is 0 Å². The number of fused-ring (bicyclic) bond motifs is 2. The third-order valence-corrected chi connectivity index (χ3v) is 14.3. The molecule has 8 aliphatic carbocycles. The van der Waals surface area contributed by atoms with Crippen molar-refractivity contribution in [1.82, 2.24) is 4.90 Å². The monoisotopic (exact) mass is 691 g/mol. The van der Waals surface area contributed by atoms with Gasteiger partial charge in [0.25, 0.3) is 0 Å². The lowest BCUT2D eigenvalue weighted by Gasteiger charge is -2.48. The van der Waals surface area contributed by atoms with E-state index in [2.05, 4.69) is 108 Å². The van der Waals surface area contributed by atoms with Gasteiger partial charge >= 0.3 is 0 Å². The van der Waals surface area contributed by atoms with Crippen molar-refractivity contribution in [2.75, 3.05) is 0 Å². The Morgan fingerprint density at radius 2 is 1.61 bits per heavy atom. The van der Waals surface area contributed by atoms with Crippen molar-refractivity contribution >= 4 is 12.6 Å². The molecule has 0 spiro atoms. The summed E-state index contributed by atoms with van der Waals surface area (Å²) in [6, 6.07) is 9.29. The second-order valence-electron chi connectivity index (χ2n) is 16.6. The molecule has 0 radical (unpaired) electrons. The molecule has 0 N–H and O–H groups in total. The molecule has 6 unspecified atom stereocenters. The third kappa shape index (κ3) is 6.12. The molecular formula is C49H57NS. The molecular weight excluding hydrogens is 635 g/mol. The van der Waals surface area contributed by atoms with Crippen LogP contribution >= 0.6 is 12.6 Å². The summed E-state index contributed by atoms with van der Waals surface area (Å²) in [6.07, 6.45) is 54.1. The highest BCUT2D eigenvalue weighted by Gasteiger charge is 2.56. The van der Waals surface area contributed by atoms with Crippen LogP contribution in [-0.4, -0.2) is 10.9 Å². The van der Waals surface area contributed by atoms with Crippen molar-refractivity contribution in [3.8, 4) is 0 Å². The van der Waals surface area contributed by atoms with E-state index in [-0.39, 0.29) is 5.41 Å². The SMILES string of the molecule is Sc1ccccc1C1C=C(N(C2=CC(C3=CCCCC3)CC=C2)C2CC=C(C3(C4=CC=CCC4)C4=C(CCCC4)C4C=CC=CC43)CC2)CCC1. The van der Waals surface area contributed by atoms with E-state index >= 15 is 0 Å². The van der Waals surface area contributed by atoms with Gasteiger partial charge in [-0.05, 0) is 127 Å². The Labute approximate surface area is 313 Å². The summed E-state index contributed by atoms with van der Waals surface area (Å²) in [5.41, 5.74) is 13.2. The lowest BCUT2D eigenvalue weighted by Crippen LogP contribution is -2.40. The summed E-state index contributed by atoms with van der Waals surface area (Å²) >= 11 is 4.93. The Hall–Kier alpha value is -3.23. The number of benzene rings is 1. The van der Waals surface area contributed by atoms with Crippen molar-refractivity contribution < 1.29 is 0 Å². The largest absolute Gasteiger partial charge is 0.342 e. The molecule has 1 nitrogen and oxygen atoms in total. The number of hydrogen-bond donors (Lipinski definition) is 1. The fourth-order valence-electron chi connectivity index (χ4n) is 11.7. The molecule has 8 aliphatic rings. The maximum Gasteiger partial charge on any atom is 0.0407 e. The predicted molar refractivity (Wildman–Crippen MR) is 217 cm³/mol. The molecule has 1 aromatic carbocycles. The summed E-state index contributed by atoms with van der Waals surface area (Å²) in [7, 11) is 0. The number of allylic oxidation sites excluding steroid dienone is 18. The van der Waals surface area contributed by atoms with Gasteiger partial charge in [0.15, 0.2) is 0 Å². The van der Waals surface area contributed by atoms with Crippen LogP contribution in [0.1, 0.15) is 121 Å². The van der Waals surface area contributed by atoms with E-state index in [9.17, 15) is 0 Å². The summed E-state index contributed by atoms with van der Waals surface area (Å²) in [6.45, 7) is 0. The Morgan fingerprint density at radius 3 is 2.45 bits per heavy atom. The average molecular weight is 692 g/mol. The van der Waals surface area contributed by atoms with Gasteiger partial charge in [-0.25, -0.2) is 0 Å². The maximum atomic E-state index is 4.93. The molecule has 2 heteroatoms. The number of thiol groups is 1. The van der Waals surface area contributed by atoms with Crippen LogP contribution in [0, 0.1) is 23.2 Å². The number of rotatable bonds is 7. The Balaban J connectivity index is 1.11. The minimum atomic E-state index is 0.0796. The van der Waals surface area contributed by atoms with Crippen molar-refractivity contribution in [1.29, 1.82) is 0 Å². The zero-order chi connectivity index (χ0) is 34.2. The standard InChI is InChI=1S/C49H57NS/c51-48-28-12-9-23-43(48)37-18-14-22-42(34-37)50(41-21-13-17-36(33-41)35-15-3-1-4-16-35)40-31-29-39(30-32-40)49(38-19-5-2-6-20-38)46-26-10-7-24-44(46)45-25-8-11-27-47(45)49/h2,5,7,9-10,12-13,15,19,21,23-24,26,28-29,33-34,36-37,40,44,46,51H,1,3-4,6,8,11,14,16-18,20,22,25,27,30-32H2. The van der Waals surface area contributed by atoms with E-state index in [1.54, 1.807) is 28.0 Å². The molecule has 9 rings (SSSR count). The van der Waals surface area contributed by atoms with Crippen LogP contribution in [0.2, 0.25) is 0 Å². The van der Waals surface area contributed by atoms with E-state index in [1.807, 2.05) is 5.57 Å². The van der Waals surface area contributed by atoms with Gasteiger partial charge in [-0.2, -0.15) is 0 Å². The van der Waals surface area contributed by atoms with Gasteiger partial charge in [-0.3, -0.25) is 0 Å².